The van der Waals surface area contributed by atoms with E-state index in [1.807, 2.05) is 0 Å². The van der Waals surface area contributed by atoms with E-state index in [0.717, 1.165) is 0 Å². The third-order valence-corrected chi connectivity index (χ3v) is 5.18. The highest BCUT2D eigenvalue weighted by Gasteiger charge is 2.49. The average Bonchev–Trinajstić information content (AvgIpc) is 3.09. The lowest BCUT2D eigenvalue weighted by Crippen LogP contribution is -2.48. The number of esters is 2. The molecule has 0 spiro atoms. The van der Waals surface area contributed by atoms with E-state index in [9.17, 15) is 19.5 Å². The molecule has 0 unspecified atom stereocenters. The normalized spacial score (nSPS) is 22.3. The molecule has 0 radical (unpaired) electrons. The molecule has 3 rings (SSSR count). The topological polar surface area (TPSA) is 111 Å². The molecular weight excluding hydrogens is 426 g/mol. The second-order valence-electron chi connectivity index (χ2n) is 8.90. The Morgan fingerprint density at radius 3 is 1.82 bits per heavy atom. The molecule has 0 aromatic heterocycles. The Hall–Kier alpha value is -3.39. The van der Waals surface area contributed by atoms with Crippen molar-refractivity contribution in [3.8, 4) is 0 Å². The Labute approximate surface area is 192 Å². The molecule has 2 aromatic carbocycles. The standard InChI is InChI=1S/C25H29NO7/c1-25(2,3)33-24(30)26-19-14-18(15-27)20(31-22(28)16-10-6-4-7-11-16)21(19)32-23(29)17-12-8-5-9-13-17/h4-13,18-21,27H,14-15H2,1-3H3,(H,26,30)/t18-,19-,20-,21+/m1/s1. The molecule has 1 aliphatic rings. The summed E-state index contributed by atoms with van der Waals surface area (Å²) in [5.41, 5.74) is -0.0889. The van der Waals surface area contributed by atoms with Crippen LogP contribution in [-0.2, 0) is 14.2 Å². The molecule has 2 aromatic rings. The summed E-state index contributed by atoms with van der Waals surface area (Å²) in [6, 6.07) is 16.0. The van der Waals surface area contributed by atoms with Crippen molar-refractivity contribution in [2.75, 3.05) is 6.61 Å². The number of rotatable bonds is 6. The lowest BCUT2D eigenvalue weighted by Gasteiger charge is -2.27. The maximum atomic E-state index is 12.8. The first kappa shape index (κ1) is 24.3. The number of amides is 1. The summed E-state index contributed by atoms with van der Waals surface area (Å²) >= 11 is 0. The summed E-state index contributed by atoms with van der Waals surface area (Å²) < 4.78 is 16.8. The number of aliphatic hydroxyl groups is 1. The SMILES string of the molecule is CC(C)(C)OC(=O)N[C@@H]1C[C@H](CO)[C@@H](OC(=O)c2ccccc2)[C@H]1OC(=O)c1ccccc1. The number of benzene rings is 2. The molecule has 33 heavy (non-hydrogen) atoms. The Bertz CT molecular complexity index is 956. The van der Waals surface area contributed by atoms with Gasteiger partial charge in [0, 0.05) is 12.5 Å². The van der Waals surface area contributed by atoms with Crippen LogP contribution in [0, 0.1) is 5.92 Å². The van der Waals surface area contributed by atoms with Gasteiger partial charge in [0.25, 0.3) is 0 Å². The van der Waals surface area contributed by atoms with Crippen molar-refractivity contribution in [2.45, 2.75) is 51.0 Å². The highest BCUT2D eigenvalue weighted by atomic mass is 16.6. The first-order valence-electron chi connectivity index (χ1n) is 10.8. The molecule has 176 valence electrons. The second-order valence-corrected chi connectivity index (χ2v) is 8.90. The smallest absolute Gasteiger partial charge is 0.408 e. The Morgan fingerprint density at radius 2 is 1.36 bits per heavy atom. The zero-order valence-corrected chi connectivity index (χ0v) is 18.9. The van der Waals surface area contributed by atoms with Gasteiger partial charge in [0.1, 0.15) is 11.7 Å². The number of carbonyl (C=O) groups excluding carboxylic acids is 3. The van der Waals surface area contributed by atoms with Gasteiger partial charge in [-0.1, -0.05) is 36.4 Å². The zero-order valence-electron chi connectivity index (χ0n) is 18.9. The molecule has 0 aliphatic heterocycles. The first-order chi connectivity index (χ1) is 15.7. The Kier molecular flexibility index (Phi) is 7.71. The molecular formula is C25H29NO7. The van der Waals surface area contributed by atoms with Crippen molar-refractivity contribution in [3.05, 3.63) is 71.8 Å². The van der Waals surface area contributed by atoms with Crippen LogP contribution in [-0.4, -0.2) is 53.6 Å². The zero-order chi connectivity index (χ0) is 24.0. The minimum Gasteiger partial charge on any atom is -0.454 e. The predicted molar refractivity (Wildman–Crippen MR) is 120 cm³/mol. The summed E-state index contributed by atoms with van der Waals surface area (Å²) in [6.07, 6.45) is -2.44. The van der Waals surface area contributed by atoms with E-state index in [2.05, 4.69) is 5.32 Å². The quantitative estimate of drug-likeness (QED) is 0.508. The number of carbonyl (C=O) groups is 3. The van der Waals surface area contributed by atoms with Gasteiger partial charge >= 0.3 is 18.0 Å². The van der Waals surface area contributed by atoms with Gasteiger partial charge in [0.2, 0.25) is 0 Å². The predicted octanol–water partition coefficient (Wildman–Crippen LogP) is 3.34. The molecule has 2 N–H and O–H groups in total. The summed E-state index contributed by atoms with van der Waals surface area (Å²) in [5, 5.41) is 12.7. The fraction of sp³-hybridized carbons (Fsp3) is 0.400. The Morgan fingerprint density at radius 1 is 0.879 bits per heavy atom. The fourth-order valence-corrected chi connectivity index (χ4v) is 3.71. The fourth-order valence-electron chi connectivity index (χ4n) is 3.71. The molecule has 1 fully saturated rings. The van der Waals surface area contributed by atoms with Gasteiger partial charge in [-0.2, -0.15) is 0 Å². The minimum atomic E-state index is -1.02. The maximum Gasteiger partial charge on any atom is 0.408 e. The van der Waals surface area contributed by atoms with Crippen molar-refractivity contribution >= 4 is 18.0 Å². The first-order valence-corrected chi connectivity index (χ1v) is 10.8. The highest BCUT2D eigenvalue weighted by molar-refractivity contribution is 5.90. The number of nitrogens with one attached hydrogen (secondary N) is 1. The lowest BCUT2D eigenvalue weighted by molar-refractivity contribution is -0.0457. The van der Waals surface area contributed by atoms with Crippen LogP contribution < -0.4 is 5.32 Å². The minimum absolute atomic E-state index is 0.231. The van der Waals surface area contributed by atoms with Crippen LogP contribution in [0.25, 0.3) is 0 Å². The highest BCUT2D eigenvalue weighted by Crippen LogP contribution is 2.33. The van der Waals surface area contributed by atoms with Crippen LogP contribution >= 0.6 is 0 Å². The van der Waals surface area contributed by atoms with Gasteiger partial charge < -0.3 is 24.6 Å². The van der Waals surface area contributed by atoms with Gasteiger partial charge in [-0.3, -0.25) is 0 Å². The van der Waals surface area contributed by atoms with Crippen LogP contribution in [0.3, 0.4) is 0 Å². The van der Waals surface area contributed by atoms with Gasteiger partial charge in [0.05, 0.1) is 17.2 Å². The molecule has 0 bridgehead atoms. The van der Waals surface area contributed by atoms with E-state index >= 15 is 0 Å². The van der Waals surface area contributed by atoms with Crippen LogP contribution in [0.1, 0.15) is 47.9 Å². The van der Waals surface area contributed by atoms with Crippen LogP contribution in [0.2, 0.25) is 0 Å². The van der Waals surface area contributed by atoms with Crippen LogP contribution in [0.4, 0.5) is 4.79 Å². The number of hydrogen-bond acceptors (Lipinski definition) is 7. The van der Waals surface area contributed by atoms with E-state index in [0.29, 0.717) is 11.1 Å². The molecule has 1 saturated carbocycles. The monoisotopic (exact) mass is 455 g/mol. The van der Waals surface area contributed by atoms with E-state index in [4.69, 9.17) is 14.2 Å². The molecule has 0 saturated heterocycles. The number of aliphatic hydroxyl groups excluding tert-OH is 1. The number of hydrogen-bond donors (Lipinski definition) is 2. The molecule has 4 atom stereocenters. The summed E-state index contributed by atoms with van der Waals surface area (Å²) in [4.78, 5) is 37.9. The van der Waals surface area contributed by atoms with Crippen molar-refractivity contribution in [3.63, 3.8) is 0 Å². The number of alkyl carbamates (subject to hydrolysis) is 1. The van der Waals surface area contributed by atoms with Gasteiger partial charge in [-0.25, -0.2) is 14.4 Å². The molecule has 8 heteroatoms. The average molecular weight is 456 g/mol. The molecule has 0 heterocycles. The second kappa shape index (κ2) is 10.5. The summed E-state index contributed by atoms with van der Waals surface area (Å²) in [7, 11) is 0. The van der Waals surface area contributed by atoms with E-state index in [1.54, 1.807) is 81.4 Å². The van der Waals surface area contributed by atoms with E-state index in [-0.39, 0.29) is 13.0 Å². The number of ether oxygens (including phenoxy) is 3. The summed E-state index contributed by atoms with van der Waals surface area (Å²) in [6.45, 7) is 4.87. The van der Waals surface area contributed by atoms with Gasteiger partial charge in [-0.15, -0.1) is 0 Å². The maximum absolute atomic E-state index is 12.8. The van der Waals surface area contributed by atoms with E-state index in [1.165, 1.54) is 0 Å². The largest absolute Gasteiger partial charge is 0.454 e. The third kappa shape index (κ3) is 6.55. The summed E-state index contributed by atoms with van der Waals surface area (Å²) in [5.74, 6) is -1.79. The van der Waals surface area contributed by atoms with Gasteiger partial charge in [0.15, 0.2) is 6.10 Å². The molecule has 8 nitrogen and oxygen atoms in total. The third-order valence-electron chi connectivity index (χ3n) is 5.18. The van der Waals surface area contributed by atoms with Crippen molar-refractivity contribution in [1.29, 1.82) is 0 Å². The Balaban J connectivity index is 1.84. The van der Waals surface area contributed by atoms with Gasteiger partial charge in [-0.05, 0) is 51.5 Å². The molecule has 1 amide bonds. The van der Waals surface area contributed by atoms with Crippen LogP contribution in [0.5, 0.6) is 0 Å². The van der Waals surface area contributed by atoms with E-state index < -0.39 is 47.8 Å². The van der Waals surface area contributed by atoms with Crippen molar-refractivity contribution < 1.29 is 33.7 Å². The van der Waals surface area contributed by atoms with Crippen LogP contribution in [0.15, 0.2) is 60.7 Å². The van der Waals surface area contributed by atoms with Crippen molar-refractivity contribution in [1.82, 2.24) is 5.32 Å². The van der Waals surface area contributed by atoms with Crippen molar-refractivity contribution in [2.24, 2.45) is 5.92 Å². The lowest BCUT2D eigenvalue weighted by atomic mass is 10.1. The molecule has 1 aliphatic carbocycles.